The van der Waals surface area contributed by atoms with E-state index in [9.17, 15) is 0 Å². The fourth-order valence-corrected chi connectivity index (χ4v) is 3.50. The third-order valence-corrected chi connectivity index (χ3v) is 4.65. The number of ether oxygens (including phenoxy) is 2. The molecule has 1 aliphatic rings. The van der Waals surface area contributed by atoms with E-state index in [0.29, 0.717) is 18.5 Å². The van der Waals surface area contributed by atoms with Crippen LogP contribution in [0.2, 0.25) is 0 Å². The Balaban J connectivity index is 1.77. The number of methoxy groups -OCH3 is 1. The van der Waals surface area contributed by atoms with E-state index in [2.05, 4.69) is 33.8 Å². The van der Waals surface area contributed by atoms with Gasteiger partial charge in [-0.25, -0.2) is 4.98 Å². The number of rotatable bonds is 8. The van der Waals surface area contributed by atoms with E-state index >= 15 is 0 Å². The second kappa shape index (κ2) is 8.27. The third-order valence-electron chi connectivity index (χ3n) is 4.65. The minimum Gasteiger partial charge on any atom is -0.481 e. The van der Waals surface area contributed by atoms with Gasteiger partial charge >= 0.3 is 0 Å². The van der Waals surface area contributed by atoms with Crippen molar-refractivity contribution in [3.63, 3.8) is 0 Å². The molecule has 0 N–H and O–H groups in total. The molecule has 0 saturated carbocycles. The molecule has 3 rings (SSSR count). The largest absolute Gasteiger partial charge is 0.481 e. The van der Waals surface area contributed by atoms with Crippen molar-refractivity contribution in [1.82, 2.24) is 19.7 Å². The van der Waals surface area contributed by atoms with Crippen LogP contribution in [0.3, 0.4) is 0 Å². The molecule has 0 amide bonds. The number of aryl methyl sites for hydroxylation is 1. The summed E-state index contributed by atoms with van der Waals surface area (Å²) in [5.41, 5.74) is 2.33. The molecular formula is C19H26N4O2. The van der Waals surface area contributed by atoms with Crippen molar-refractivity contribution >= 4 is 0 Å². The summed E-state index contributed by atoms with van der Waals surface area (Å²) in [5.74, 6) is 0.693. The molecule has 0 bridgehead atoms. The highest BCUT2D eigenvalue weighted by atomic mass is 16.5. The van der Waals surface area contributed by atoms with Gasteiger partial charge in [0.25, 0.3) is 0 Å². The Morgan fingerprint density at radius 1 is 1.44 bits per heavy atom. The van der Waals surface area contributed by atoms with E-state index in [4.69, 9.17) is 9.47 Å². The molecule has 0 aliphatic carbocycles. The van der Waals surface area contributed by atoms with Gasteiger partial charge in [-0.3, -0.25) is 9.58 Å². The van der Waals surface area contributed by atoms with E-state index in [-0.39, 0.29) is 6.10 Å². The fourth-order valence-electron chi connectivity index (χ4n) is 3.50. The monoisotopic (exact) mass is 342 g/mol. The molecule has 3 heterocycles. The van der Waals surface area contributed by atoms with Crippen molar-refractivity contribution in [3.8, 4) is 5.88 Å². The zero-order valence-corrected chi connectivity index (χ0v) is 15.0. The van der Waals surface area contributed by atoms with Gasteiger partial charge in [-0.1, -0.05) is 12.1 Å². The summed E-state index contributed by atoms with van der Waals surface area (Å²) in [6, 6.07) is 4.33. The van der Waals surface area contributed by atoms with Gasteiger partial charge in [0.15, 0.2) is 0 Å². The van der Waals surface area contributed by atoms with Crippen molar-refractivity contribution in [2.45, 2.75) is 31.5 Å². The van der Waals surface area contributed by atoms with Gasteiger partial charge in [0.2, 0.25) is 5.88 Å². The predicted molar refractivity (Wildman–Crippen MR) is 96.5 cm³/mol. The summed E-state index contributed by atoms with van der Waals surface area (Å²) in [6.45, 7) is 6.14. The SMILES string of the molecule is C=CCO[C@@H]1CCN(Cc2cccnc2OC)[C@H]1Cc1cnn(C)c1. The highest BCUT2D eigenvalue weighted by molar-refractivity contribution is 5.25. The van der Waals surface area contributed by atoms with E-state index < -0.39 is 0 Å². The molecule has 25 heavy (non-hydrogen) atoms. The van der Waals surface area contributed by atoms with Crippen LogP contribution in [-0.4, -0.2) is 52.1 Å². The van der Waals surface area contributed by atoms with Crippen molar-refractivity contribution in [3.05, 3.63) is 54.5 Å². The first-order valence-electron chi connectivity index (χ1n) is 8.63. The van der Waals surface area contributed by atoms with E-state index in [1.165, 1.54) is 5.56 Å². The van der Waals surface area contributed by atoms with Crippen molar-refractivity contribution in [2.24, 2.45) is 7.05 Å². The van der Waals surface area contributed by atoms with Gasteiger partial charge in [0.05, 0.1) is 26.0 Å². The highest BCUT2D eigenvalue weighted by Gasteiger charge is 2.35. The fraction of sp³-hybridized carbons (Fsp3) is 0.474. The Morgan fingerprint density at radius 2 is 2.32 bits per heavy atom. The molecule has 2 aromatic heterocycles. The average molecular weight is 342 g/mol. The number of aromatic nitrogens is 3. The second-order valence-corrected chi connectivity index (χ2v) is 6.39. The van der Waals surface area contributed by atoms with Crippen LogP contribution < -0.4 is 4.74 Å². The normalized spacial score (nSPS) is 20.7. The lowest BCUT2D eigenvalue weighted by Gasteiger charge is -2.28. The Hall–Kier alpha value is -2.18. The van der Waals surface area contributed by atoms with Crippen LogP contribution in [0.1, 0.15) is 17.5 Å². The lowest BCUT2D eigenvalue weighted by molar-refractivity contribution is 0.0420. The van der Waals surface area contributed by atoms with E-state index in [0.717, 1.165) is 31.5 Å². The Labute approximate surface area is 149 Å². The molecular weight excluding hydrogens is 316 g/mol. The van der Waals surface area contributed by atoms with Crippen molar-refractivity contribution in [1.29, 1.82) is 0 Å². The number of hydrogen-bond donors (Lipinski definition) is 0. The zero-order chi connectivity index (χ0) is 17.6. The summed E-state index contributed by atoms with van der Waals surface area (Å²) in [6.07, 6.45) is 9.71. The Morgan fingerprint density at radius 3 is 3.04 bits per heavy atom. The smallest absolute Gasteiger partial charge is 0.217 e. The summed E-state index contributed by atoms with van der Waals surface area (Å²) in [5, 5.41) is 4.29. The van der Waals surface area contributed by atoms with Gasteiger partial charge in [-0.05, 0) is 24.5 Å². The average Bonchev–Trinajstić information content (AvgIpc) is 3.20. The van der Waals surface area contributed by atoms with Crippen molar-refractivity contribution in [2.75, 3.05) is 20.3 Å². The lowest BCUT2D eigenvalue weighted by atomic mass is 10.0. The highest BCUT2D eigenvalue weighted by Crippen LogP contribution is 2.28. The molecule has 134 valence electrons. The molecule has 2 aromatic rings. The van der Waals surface area contributed by atoms with Crippen LogP contribution in [0, 0.1) is 0 Å². The van der Waals surface area contributed by atoms with Crippen molar-refractivity contribution < 1.29 is 9.47 Å². The number of pyridine rings is 1. The molecule has 0 aromatic carbocycles. The maximum absolute atomic E-state index is 6.03. The van der Waals surface area contributed by atoms with E-state index in [1.54, 1.807) is 13.3 Å². The minimum absolute atomic E-state index is 0.195. The molecule has 0 radical (unpaired) electrons. The maximum atomic E-state index is 6.03. The third kappa shape index (κ3) is 4.27. The predicted octanol–water partition coefficient (Wildman–Crippen LogP) is 2.21. The molecule has 6 nitrogen and oxygen atoms in total. The molecule has 6 heteroatoms. The quantitative estimate of drug-likeness (QED) is 0.689. The van der Waals surface area contributed by atoms with Gasteiger partial charge in [0.1, 0.15) is 0 Å². The summed E-state index contributed by atoms with van der Waals surface area (Å²) in [4.78, 5) is 6.77. The van der Waals surface area contributed by atoms with Gasteiger partial charge in [-0.15, -0.1) is 6.58 Å². The maximum Gasteiger partial charge on any atom is 0.217 e. The molecule has 1 fully saturated rings. The lowest BCUT2D eigenvalue weighted by Crippen LogP contribution is -2.38. The van der Waals surface area contributed by atoms with Gasteiger partial charge in [-0.2, -0.15) is 5.10 Å². The first kappa shape index (κ1) is 17.6. The molecule has 0 unspecified atom stereocenters. The molecule has 1 saturated heterocycles. The Kier molecular flexibility index (Phi) is 5.83. The molecule has 1 aliphatic heterocycles. The summed E-state index contributed by atoms with van der Waals surface area (Å²) in [7, 11) is 3.61. The second-order valence-electron chi connectivity index (χ2n) is 6.39. The minimum atomic E-state index is 0.195. The topological polar surface area (TPSA) is 52.4 Å². The number of hydrogen-bond acceptors (Lipinski definition) is 5. The number of nitrogens with zero attached hydrogens (tertiary/aromatic N) is 4. The summed E-state index contributed by atoms with van der Waals surface area (Å²) >= 11 is 0. The van der Waals surface area contributed by atoms with Crippen LogP contribution in [0.5, 0.6) is 5.88 Å². The summed E-state index contributed by atoms with van der Waals surface area (Å²) < 4.78 is 13.3. The number of likely N-dealkylation sites (tertiary alicyclic amines) is 1. The first-order valence-corrected chi connectivity index (χ1v) is 8.63. The van der Waals surface area contributed by atoms with Crippen LogP contribution in [0.25, 0.3) is 0 Å². The first-order chi connectivity index (χ1) is 12.2. The zero-order valence-electron chi connectivity index (χ0n) is 15.0. The van der Waals surface area contributed by atoms with Crippen LogP contribution in [-0.2, 0) is 24.8 Å². The van der Waals surface area contributed by atoms with Crippen LogP contribution in [0.15, 0.2) is 43.4 Å². The van der Waals surface area contributed by atoms with Gasteiger partial charge < -0.3 is 9.47 Å². The van der Waals surface area contributed by atoms with Crippen LogP contribution >= 0.6 is 0 Å². The Bertz CT molecular complexity index is 700. The van der Waals surface area contributed by atoms with Crippen LogP contribution in [0.4, 0.5) is 0 Å². The van der Waals surface area contributed by atoms with E-state index in [1.807, 2.05) is 30.1 Å². The standard InChI is InChI=1S/C19H26N4O2/c1-4-10-25-18-7-9-23(14-16-6-5-8-20-19(16)24-3)17(18)11-15-12-21-22(2)13-15/h4-6,8,12-13,17-18H,1,7,9-11,14H2,2-3H3/t17-,18+/m0/s1. The molecule has 2 atom stereocenters. The van der Waals surface area contributed by atoms with Gasteiger partial charge in [0, 0.05) is 44.1 Å². The molecule has 0 spiro atoms.